The minimum Gasteiger partial charge on any atom is -0.307 e. The van der Waals surface area contributed by atoms with Crippen LogP contribution in [-0.2, 0) is 13.6 Å². The van der Waals surface area contributed by atoms with Crippen molar-refractivity contribution in [2.24, 2.45) is 10.3 Å². The van der Waals surface area contributed by atoms with E-state index in [0.717, 1.165) is 0 Å². The summed E-state index contributed by atoms with van der Waals surface area (Å²) in [5, 5.41) is 4.99. The lowest BCUT2D eigenvalue weighted by Crippen LogP contribution is -2.57. The molecule has 0 unspecified atom stereocenters. The van der Waals surface area contributed by atoms with E-state index in [1.54, 1.807) is 37.3 Å². The van der Waals surface area contributed by atoms with Crippen LogP contribution in [-0.4, -0.2) is 36.2 Å². The fraction of sp³-hybridized carbons (Fsp3) is 0.600. The van der Waals surface area contributed by atoms with E-state index in [4.69, 9.17) is 9.05 Å². The molecule has 2 atom stereocenters. The monoisotopic (exact) mass is 379 g/mol. The Balaban J connectivity index is 2.58. The highest BCUT2D eigenvalue weighted by molar-refractivity contribution is 7.55. The quantitative estimate of drug-likeness (QED) is 0.629. The molecular weight excluding hydrogens is 358 g/mol. The van der Waals surface area contributed by atoms with Crippen molar-refractivity contribution >= 4 is 7.60 Å². The number of alkyl halides is 3. The minimum absolute atomic E-state index is 0.192. The molecule has 1 aromatic carbocycles. The summed E-state index contributed by atoms with van der Waals surface area (Å²) >= 11 is 0. The van der Waals surface area contributed by atoms with Gasteiger partial charge >= 0.3 is 13.8 Å². The number of hydrogen-bond acceptors (Lipinski definition) is 6. The van der Waals surface area contributed by atoms with Gasteiger partial charge < -0.3 is 9.05 Å². The van der Waals surface area contributed by atoms with Crippen LogP contribution in [0, 0.1) is 0 Å². The van der Waals surface area contributed by atoms with Gasteiger partial charge in [0, 0.05) is 0 Å². The molecule has 0 fully saturated rings. The molecule has 140 valence electrons. The van der Waals surface area contributed by atoms with E-state index in [2.05, 4.69) is 10.3 Å². The third-order valence-corrected chi connectivity index (χ3v) is 6.69. The molecule has 0 saturated heterocycles. The molecule has 0 radical (unpaired) electrons. The van der Waals surface area contributed by atoms with Gasteiger partial charge in [0.05, 0.1) is 19.3 Å². The van der Waals surface area contributed by atoms with Crippen LogP contribution in [0.5, 0.6) is 0 Å². The normalized spacial score (nSPS) is 22.4. The van der Waals surface area contributed by atoms with Crippen LogP contribution in [0.2, 0.25) is 0 Å². The predicted molar refractivity (Wildman–Crippen MR) is 86.1 cm³/mol. The van der Waals surface area contributed by atoms with Crippen LogP contribution in [0.1, 0.15) is 32.4 Å². The van der Waals surface area contributed by atoms with Crippen molar-refractivity contribution in [3.05, 3.63) is 35.9 Å². The van der Waals surface area contributed by atoms with E-state index >= 15 is 0 Å². The standard InChI is InChI=1S/C15H21F3N3O3P/c1-4-23-25(22,24-5-2)14(15(16,17)18)11-19-20-21(14)12(3)13-9-7-6-8-10-13/h6-10,12H,4-5,11H2,1-3H3/t12-,14+/m0/s1. The Morgan fingerprint density at radius 1 is 1.24 bits per heavy atom. The first-order chi connectivity index (χ1) is 11.7. The van der Waals surface area contributed by atoms with Crippen LogP contribution in [0.25, 0.3) is 0 Å². The van der Waals surface area contributed by atoms with Crippen LogP contribution in [0.4, 0.5) is 13.2 Å². The summed E-state index contributed by atoms with van der Waals surface area (Å²) in [5.41, 5.74) is 0.580. The zero-order chi connectivity index (χ0) is 18.7. The molecule has 1 aliphatic rings. The first kappa shape index (κ1) is 19.9. The summed E-state index contributed by atoms with van der Waals surface area (Å²) in [6, 6.07) is 7.68. The average Bonchev–Trinajstić information content (AvgIpc) is 3.02. The topological polar surface area (TPSA) is 63.5 Å². The SMILES string of the molecule is CCOP(=O)(OCC)[C@@]1(C(F)(F)F)CN=NN1[C@@H](C)c1ccccc1. The average molecular weight is 379 g/mol. The summed E-state index contributed by atoms with van der Waals surface area (Å²) < 4.78 is 65.9. The molecule has 0 amide bonds. The van der Waals surface area contributed by atoms with Crippen LogP contribution in [0.3, 0.4) is 0 Å². The molecule has 6 nitrogen and oxygen atoms in total. The van der Waals surface area contributed by atoms with Crippen LogP contribution >= 0.6 is 7.60 Å². The van der Waals surface area contributed by atoms with Gasteiger partial charge in [0.15, 0.2) is 0 Å². The second-order valence-corrected chi connectivity index (χ2v) is 7.72. The molecule has 10 heteroatoms. The van der Waals surface area contributed by atoms with E-state index in [1.165, 1.54) is 13.8 Å². The van der Waals surface area contributed by atoms with E-state index in [0.29, 0.717) is 10.6 Å². The van der Waals surface area contributed by atoms with Crippen molar-refractivity contribution in [3.8, 4) is 0 Å². The number of halogens is 3. The van der Waals surface area contributed by atoms with Gasteiger partial charge in [-0.1, -0.05) is 35.6 Å². The van der Waals surface area contributed by atoms with Gasteiger partial charge in [-0.2, -0.15) is 18.3 Å². The van der Waals surface area contributed by atoms with Gasteiger partial charge in [-0.15, -0.1) is 0 Å². The second kappa shape index (κ2) is 7.43. The summed E-state index contributed by atoms with van der Waals surface area (Å²) in [6.45, 7) is 3.24. The molecular formula is C15H21F3N3O3P. The van der Waals surface area contributed by atoms with Crippen molar-refractivity contribution in [3.63, 3.8) is 0 Å². The molecule has 2 rings (SSSR count). The number of rotatable bonds is 7. The minimum atomic E-state index is -4.93. The Bertz CT molecular complexity index is 646. The molecule has 1 aliphatic heterocycles. The molecule has 0 spiro atoms. The van der Waals surface area contributed by atoms with E-state index in [9.17, 15) is 17.7 Å². The fourth-order valence-corrected chi connectivity index (χ4v) is 4.99. The van der Waals surface area contributed by atoms with Crippen molar-refractivity contribution in [2.75, 3.05) is 19.8 Å². The largest absolute Gasteiger partial charge is 0.427 e. The van der Waals surface area contributed by atoms with Crippen LogP contribution < -0.4 is 0 Å². The maximum atomic E-state index is 14.2. The zero-order valence-corrected chi connectivity index (χ0v) is 15.1. The van der Waals surface area contributed by atoms with Gasteiger partial charge in [0.2, 0.25) is 0 Å². The maximum Gasteiger partial charge on any atom is 0.427 e. The third-order valence-electron chi connectivity index (χ3n) is 3.98. The van der Waals surface area contributed by atoms with E-state index in [-0.39, 0.29) is 13.2 Å². The number of benzene rings is 1. The lowest BCUT2D eigenvalue weighted by Gasteiger charge is -2.43. The van der Waals surface area contributed by atoms with Crippen molar-refractivity contribution in [2.45, 2.75) is 38.3 Å². The highest BCUT2D eigenvalue weighted by Gasteiger charge is 2.74. The van der Waals surface area contributed by atoms with Crippen molar-refractivity contribution in [1.29, 1.82) is 0 Å². The Morgan fingerprint density at radius 2 is 1.80 bits per heavy atom. The van der Waals surface area contributed by atoms with Crippen LogP contribution in [0.15, 0.2) is 40.7 Å². The third kappa shape index (κ3) is 3.32. The molecule has 1 heterocycles. The van der Waals surface area contributed by atoms with E-state index in [1.807, 2.05) is 0 Å². The molecule has 0 N–H and O–H groups in total. The number of hydrogen-bond donors (Lipinski definition) is 0. The summed E-state index contributed by atoms with van der Waals surface area (Å²) in [7, 11) is -4.64. The molecule has 25 heavy (non-hydrogen) atoms. The first-order valence-electron chi connectivity index (χ1n) is 7.91. The maximum absolute atomic E-state index is 14.2. The summed E-state index contributed by atoms with van der Waals surface area (Å²) in [5.74, 6) is 0. The Morgan fingerprint density at radius 3 is 2.28 bits per heavy atom. The van der Waals surface area contributed by atoms with E-state index < -0.39 is 31.6 Å². The predicted octanol–water partition coefficient (Wildman–Crippen LogP) is 4.96. The molecule has 0 aromatic heterocycles. The van der Waals surface area contributed by atoms with Gasteiger partial charge in [-0.05, 0) is 26.3 Å². The van der Waals surface area contributed by atoms with Gasteiger partial charge in [-0.25, -0.2) is 5.01 Å². The smallest absolute Gasteiger partial charge is 0.307 e. The molecule has 0 aliphatic carbocycles. The molecule has 0 bridgehead atoms. The molecule has 1 aromatic rings. The zero-order valence-electron chi connectivity index (χ0n) is 14.2. The number of nitrogens with zero attached hydrogens (tertiary/aromatic N) is 3. The molecule has 0 saturated carbocycles. The van der Waals surface area contributed by atoms with Gasteiger partial charge in [0.25, 0.3) is 5.28 Å². The Kier molecular flexibility index (Phi) is 5.91. The van der Waals surface area contributed by atoms with Gasteiger partial charge in [-0.3, -0.25) is 4.57 Å². The first-order valence-corrected chi connectivity index (χ1v) is 9.45. The van der Waals surface area contributed by atoms with Gasteiger partial charge in [0.1, 0.15) is 6.54 Å². The second-order valence-electron chi connectivity index (χ2n) is 5.47. The Labute approximate surface area is 144 Å². The van der Waals surface area contributed by atoms with Crippen molar-refractivity contribution < 1.29 is 26.8 Å². The lowest BCUT2D eigenvalue weighted by atomic mass is 10.1. The highest BCUT2D eigenvalue weighted by Crippen LogP contribution is 2.69. The lowest BCUT2D eigenvalue weighted by molar-refractivity contribution is -0.205. The summed E-state index contributed by atoms with van der Waals surface area (Å²) in [6.07, 6.45) is -4.93. The van der Waals surface area contributed by atoms with Crippen molar-refractivity contribution in [1.82, 2.24) is 5.01 Å². The Hall–Kier alpha value is -1.44. The fourth-order valence-electron chi connectivity index (χ4n) is 2.79. The summed E-state index contributed by atoms with van der Waals surface area (Å²) in [4.78, 5) is 0. The highest BCUT2D eigenvalue weighted by atomic mass is 31.2.